The molecule has 0 atom stereocenters. The molecule has 33 heavy (non-hydrogen) atoms. The Kier molecular flexibility index (Phi) is 5.13. The predicted octanol–water partition coefficient (Wildman–Crippen LogP) is -0.478. The first-order valence-electron chi connectivity index (χ1n) is 7.76. The molecule has 0 fully saturated rings. The molecule has 5 N–H and O–H groups in total. The SMILES string of the molecule is O=C1c2c([N+](=O)[O-])cc(S(=O)(=O)O)c(O)c2C(=O)c2c(O)c(S(=O)(=O)O)cc(S(=O)(=O)O)c21. The molecule has 0 amide bonds. The van der Waals surface area contributed by atoms with Crippen molar-refractivity contribution < 1.29 is 63.6 Å². The van der Waals surface area contributed by atoms with Crippen LogP contribution in [0.4, 0.5) is 5.69 Å². The molecule has 0 bridgehead atoms. The first-order valence-corrected chi connectivity index (χ1v) is 12.1. The number of carbonyl (C=O) groups is 2. The van der Waals surface area contributed by atoms with Crippen molar-refractivity contribution in [1.82, 2.24) is 0 Å². The average Bonchev–Trinajstić information content (AvgIpc) is 2.61. The zero-order chi connectivity index (χ0) is 25.4. The first-order chi connectivity index (χ1) is 14.8. The Morgan fingerprint density at radius 3 is 1.39 bits per heavy atom. The lowest BCUT2D eigenvalue weighted by atomic mass is 9.82. The smallest absolute Gasteiger partial charge is 0.298 e. The molecule has 2 aromatic carbocycles. The van der Waals surface area contributed by atoms with Crippen LogP contribution in [0.2, 0.25) is 0 Å². The number of nitro benzene ring substituents is 1. The van der Waals surface area contributed by atoms with Crippen LogP contribution in [0.5, 0.6) is 11.5 Å². The fourth-order valence-electron chi connectivity index (χ4n) is 3.15. The van der Waals surface area contributed by atoms with Crippen LogP contribution in [0, 0.1) is 10.1 Å². The average molecular weight is 525 g/mol. The lowest BCUT2D eigenvalue weighted by molar-refractivity contribution is -0.385. The first kappa shape index (κ1) is 24.2. The van der Waals surface area contributed by atoms with Gasteiger partial charge in [0.15, 0.2) is 0 Å². The van der Waals surface area contributed by atoms with E-state index in [0.717, 1.165) is 0 Å². The van der Waals surface area contributed by atoms with Crippen LogP contribution in [-0.4, -0.2) is 65.6 Å². The third kappa shape index (κ3) is 3.61. The number of nitrogens with zero attached hydrogens (tertiary/aromatic N) is 1. The lowest BCUT2D eigenvalue weighted by Crippen LogP contribution is -2.26. The Morgan fingerprint density at radius 2 is 1.00 bits per heavy atom. The van der Waals surface area contributed by atoms with Gasteiger partial charge < -0.3 is 10.2 Å². The number of hydrogen-bond acceptors (Lipinski definition) is 12. The summed E-state index contributed by atoms with van der Waals surface area (Å²) >= 11 is 0. The van der Waals surface area contributed by atoms with Crippen molar-refractivity contribution in [3.63, 3.8) is 0 Å². The minimum absolute atomic E-state index is 0.0147. The summed E-state index contributed by atoms with van der Waals surface area (Å²) < 4.78 is 97.4. The molecule has 0 unspecified atom stereocenters. The van der Waals surface area contributed by atoms with Gasteiger partial charge >= 0.3 is 0 Å². The molecule has 0 saturated carbocycles. The van der Waals surface area contributed by atoms with Crippen molar-refractivity contribution in [2.45, 2.75) is 14.7 Å². The molecule has 3 rings (SSSR count). The fourth-order valence-corrected chi connectivity index (χ4v) is 5.16. The Morgan fingerprint density at radius 1 is 0.636 bits per heavy atom. The molecule has 0 spiro atoms. The number of fused-ring (bicyclic) bond motifs is 2. The van der Waals surface area contributed by atoms with Crippen LogP contribution in [0.15, 0.2) is 26.8 Å². The summed E-state index contributed by atoms with van der Waals surface area (Å²) in [4.78, 5) is 31.0. The van der Waals surface area contributed by atoms with Crippen LogP contribution >= 0.6 is 0 Å². The summed E-state index contributed by atoms with van der Waals surface area (Å²) in [6.45, 7) is 0. The minimum atomic E-state index is -5.61. The van der Waals surface area contributed by atoms with Crippen LogP contribution < -0.4 is 0 Å². The molecule has 16 nitrogen and oxygen atoms in total. The van der Waals surface area contributed by atoms with Gasteiger partial charge in [0.05, 0.1) is 21.6 Å². The van der Waals surface area contributed by atoms with Crippen LogP contribution in [0.3, 0.4) is 0 Å². The van der Waals surface area contributed by atoms with E-state index in [1.165, 1.54) is 0 Å². The fraction of sp³-hybridized carbons (Fsp3) is 0. The zero-order valence-corrected chi connectivity index (χ0v) is 17.6. The van der Waals surface area contributed by atoms with Crippen molar-refractivity contribution in [2.24, 2.45) is 0 Å². The van der Waals surface area contributed by atoms with Gasteiger partial charge in [-0.1, -0.05) is 0 Å². The second-order valence-electron chi connectivity index (χ2n) is 6.30. The highest BCUT2D eigenvalue weighted by atomic mass is 32.2. The number of rotatable bonds is 4. The number of nitro groups is 1. The second kappa shape index (κ2) is 7.00. The van der Waals surface area contributed by atoms with E-state index >= 15 is 0 Å². The Balaban J connectivity index is 2.67. The van der Waals surface area contributed by atoms with Crippen molar-refractivity contribution >= 4 is 47.6 Å². The Labute approximate surface area is 182 Å². The van der Waals surface area contributed by atoms with Gasteiger partial charge in [0.2, 0.25) is 11.6 Å². The number of benzene rings is 2. The molecule has 1 aliphatic carbocycles. The number of hydrogen-bond donors (Lipinski definition) is 5. The maximum atomic E-state index is 13.0. The summed E-state index contributed by atoms with van der Waals surface area (Å²) in [6, 6.07) is -0.119. The highest BCUT2D eigenvalue weighted by molar-refractivity contribution is 7.87. The standard InChI is InChI=1S/C14H7NO15S3/c16-11-5(32(25,26)27)1-3(15(20)21)7-9(11)14(19)10-8(13(7)18)4(31(22,23)24)2-6(12(10)17)33(28,29)30/h1-2,16-17H,(H,22,23,24)(H,25,26,27)(H,28,29,30). The summed E-state index contributed by atoms with van der Waals surface area (Å²) in [6.07, 6.45) is 0. The molecular formula is C14H7NO15S3. The number of aromatic hydroxyl groups is 2. The highest BCUT2D eigenvalue weighted by Gasteiger charge is 2.46. The minimum Gasteiger partial charge on any atom is -0.506 e. The summed E-state index contributed by atoms with van der Waals surface area (Å²) in [5, 5.41) is 31.8. The van der Waals surface area contributed by atoms with Gasteiger partial charge in [-0.3, -0.25) is 33.4 Å². The van der Waals surface area contributed by atoms with E-state index in [0.29, 0.717) is 0 Å². The van der Waals surface area contributed by atoms with E-state index in [1.807, 2.05) is 0 Å². The molecule has 0 aromatic heterocycles. The number of ketones is 2. The topological polar surface area (TPSA) is 281 Å². The van der Waals surface area contributed by atoms with E-state index in [9.17, 15) is 68.8 Å². The zero-order valence-electron chi connectivity index (χ0n) is 15.1. The molecule has 1 aliphatic rings. The van der Waals surface area contributed by atoms with Gasteiger partial charge in [0, 0.05) is 6.07 Å². The van der Waals surface area contributed by atoms with Gasteiger partial charge in [-0.2, -0.15) is 25.3 Å². The number of phenols is 2. The van der Waals surface area contributed by atoms with E-state index < -0.39 is 101 Å². The van der Waals surface area contributed by atoms with Crippen molar-refractivity contribution in [2.75, 3.05) is 0 Å². The van der Waals surface area contributed by atoms with Gasteiger partial charge in [-0.05, 0) is 6.07 Å². The maximum Gasteiger partial charge on any atom is 0.298 e. The van der Waals surface area contributed by atoms with Crippen LogP contribution in [0.1, 0.15) is 31.8 Å². The second-order valence-corrected chi connectivity index (χ2v) is 10.5. The molecule has 0 heterocycles. The van der Waals surface area contributed by atoms with Crippen LogP contribution in [-0.2, 0) is 30.4 Å². The van der Waals surface area contributed by atoms with E-state index in [1.54, 1.807) is 0 Å². The van der Waals surface area contributed by atoms with Crippen molar-refractivity contribution in [3.8, 4) is 11.5 Å². The van der Waals surface area contributed by atoms with Crippen LogP contribution in [0.25, 0.3) is 0 Å². The van der Waals surface area contributed by atoms with E-state index in [4.69, 9.17) is 0 Å². The van der Waals surface area contributed by atoms with Gasteiger partial charge in [-0.25, -0.2) is 0 Å². The quantitative estimate of drug-likeness (QED) is 0.163. The summed E-state index contributed by atoms with van der Waals surface area (Å²) in [5.74, 6) is -7.25. The van der Waals surface area contributed by atoms with Crippen molar-refractivity contribution in [3.05, 3.63) is 44.5 Å². The molecule has 176 valence electrons. The maximum absolute atomic E-state index is 13.0. The molecule has 0 aliphatic heterocycles. The summed E-state index contributed by atoms with van der Waals surface area (Å²) in [7, 11) is -16.6. The van der Waals surface area contributed by atoms with Gasteiger partial charge in [0.25, 0.3) is 36.0 Å². The van der Waals surface area contributed by atoms with E-state index in [-0.39, 0.29) is 12.1 Å². The highest BCUT2D eigenvalue weighted by Crippen LogP contribution is 2.46. The normalized spacial score (nSPS) is 14.0. The molecule has 0 saturated heterocycles. The van der Waals surface area contributed by atoms with Crippen molar-refractivity contribution in [1.29, 1.82) is 0 Å². The predicted molar refractivity (Wildman–Crippen MR) is 99.2 cm³/mol. The molecular weight excluding hydrogens is 518 g/mol. The van der Waals surface area contributed by atoms with Gasteiger partial charge in [-0.15, -0.1) is 0 Å². The molecule has 19 heteroatoms. The monoisotopic (exact) mass is 525 g/mol. The number of carbonyl (C=O) groups excluding carboxylic acids is 2. The third-order valence-corrected chi connectivity index (χ3v) is 7.02. The third-order valence-electron chi connectivity index (χ3n) is 4.41. The summed E-state index contributed by atoms with van der Waals surface area (Å²) in [5.41, 5.74) is -7.46. The Hall–Kier alpha value is -3.49. The lowest BCUT2D eigenvalue weighted by Gasteiger charge is -2.22. The number of phenolic OH excluding ortho intramolecular Hbond substituents is 2. The van der Waals surface area contributed by atoms with E-state index in [2.05, 4.69) is 0 Å². The Bertz CT molecular complexity index is 1650. The largest absolute Gasteiger partial charge is 0.506 e. The molecule has 2 aromatic rings. The van der Waals surface area contributed by atoms with Gasteiger partial charge in [0.1, 0.15) is 31.7 Å². The molecule has 0 radical (unpaired) electrons.